The minimum atomic E-state index is 0.0864. The monoisotopic (exact) mass is 467 g/mol. The number of rotatable bonds is 9. The van der Waals surface area contributed by atoms with Gasteiger partial charge in [-0.3, -0.25) is 4.79 Å². The highest BCUT2D eigenvalue weighted by Crippen LogP contribution is 2.35. The molecule has 5 heteroatoms. The first-order valence-corrected chi connectivity index (χ1v) is 12.7. The van der Waals surface area contributed by atoms with Gasteiger partial charge >= 0.3 is 0 Å². The molecule has 1 fully saturated rings. The lowest BCUT2D eigenvalue weighted by Crippen LogP contribution is -2.25. The van der Waals surface area contributed by atoms with Gasteiger partial charge in [-0.25, -0.2) is 4.98 Å². The van der Waals surface area contributed by atoms with Gasteiger partial charge < -0.3 is 14.2 Å². The molecule has 0 radical (unpaired) electrons. The van der Waals surface area contributed by atoms with Crippen molar-refractivity contribution in [2.45, 2.75) is 52.0 Å². The number of benzene rings is 3. The first-order chi connectivity index (χ1) is 17.1. The summed E-state index contributed by atoms with van der Waals surface area (Å²) in [6.45, 7) is 6.45. The number of unbranched alkanes of at least 4 members (excludes halogenated alkanes) is 1. The number of carbonyl (C=O) groups excluding carboxylic acids is 1. The molecular weight excluding hydrogens is 434 g/mol. The van der Waals surface area contributed by atoms with E-state index in [0.717, 1.165) is 54.1 Å². The summed E-state index contributed by atoms with van der Waals surface area (Å²) < 4.78 is 8.28. The van der Waals surface area contributed by atoms with Crippen molar-refractivity contribution >= 4 is 22.6 Å². The Balaban J connectivity index is 1.31. The Bertz CT molecular complexity index is 1330. The number of ether oxygens (including phenoxy) is 1. The van der Waals surface area contributed by atoms with Crippen LogP contribution in [0.3, 0.4) is 0 Å². The van der Waals surface area contributed by atoms with Crippen molar-refractivity contribution in [3.8, 4) is 5.75 Å². The Hall–Kier alpha value is -3.60. The van der Waals surface area contributed by atoms with Gasteiger partial charge in [-0.2, -0.15) is 0 Å². The van der Waals surface area contributed by atoms with E-state index in [0.29, 0.717) is 19.6 Å². The van der Waals surface area contributed by atoms with E-state index in [1.807, 2.05) is 35.2 Å². The van der Waals surface area contributed by atoms with Crippen LogP contribution in [0.15, 0.2) is 72.8 Å². The molecule has 1 aliphatic rings. The summed E-state index contributed by atoms with van der Waals surface area (Å²) in [6, 6.07) is 24.7. The number of anilines is 1. The topological polar surface area (TPSA) is 47.4 Å². The molecule has 1 unspecified atom stereocenters. The van der Waals surface area contributed by atoms with Gasteiger partial charge in [0.15, 0.2) is 0 Å². The van der Waals surface area contributed by atoms with Crippen LogP contribution in [-0.2, 0) is 17.8 Å². The molecule has 35 heavy (non-hydrogen) atoms. The van der Waals surface area contributed by atoms with Crippen molar-refractivity contribution in [3.05, 3.63) is 89.7 Å². The van der Waals surface area contributed by atoms with Gasteiger partial charge in [0.1, 0.15) is 11.6 Å². The number of aryl methyl sites for hydroxylation is 3. The predicted octanol–water partition coefficient (Wildman–Crippen LogP) is 6.29. The lowest BCUT2D eigenvalue weighted by Gasteiger charge is -2.20. The van der Waals surface area contributed by atoms with Crippen LogP contribution < -0.4 is 9.64 Å². The van der Waals surface area contributed by atoms with Gasteiger partial charge in [-0.15, -0.1) is 0 Å². The second-order valence-corrected chi connectivity index (χ2v) is 9.37. The predicted molar refractivity (Wildman–Crippen MR) is 141 cm³/mol. The molecule has 1 aliphatic heterocycles. The van der Waals surface area contributed by atoms with Gasteiger partial charge in [0.05, 0.1) is 17.6 Å². The summed E-state index contributed by atoms with van der Waals surface area (Å²) in [6.07, 6.45) is 3.35. The third-order valence-corrected chi connectivity index (χ3v) is 6.87. The number of para-hydroxylation sites is 3. The second kappa shape index (κ2) is 10.3. The molecule has 2 heterocycles. The third-order valence-electron chi connectivity index (χ3n) is 6.87. The van der Waals surface area contributed by atoms with Crippen molar-refractivity contribution in [1.82, 2.24) is 9.55 Å². The Morgan fingerprint density at radius 1 is 1.00 bits per heavy atom. The van der Waals surface area contributed by atoms with Crippen LogP contribution in [0.25, 0.3) is 11.0 Å². The number of fused-ring (bicyclic) bond motifs is 1. The fourth-order valence-electron chi connectivity index (χ4n) is 5.09. The smallest absolute Gasteiger partial charge is 0.227 e. The molecule has 4 aromatic rings. The van der Waals surface area contributed by atoms with Gasteiger partial charge in [0.2, 0.25) is 5.91 Å². The van der Waals surface area contributed by atoms with Crippen molar-refractivity contribution in [3.63, 3.8) is 0 Å². The highest BCUT2D eigenvalue weighted by atomic mass is 16.5. The van der Waals surface area contributed by atoms with Crippen LogP contribution in [0, 0.1) is 6.92 Å². The number of nitrogens with zero attached hydrogens (tertiary/aromatic N) is 3. The van der Waals surface area contributed by atoms with E-state index in [9.17, 15) is 4.79 Å². The lowest BCUT2D eigenvalue weighted by molar-refractivity contribution is -0.117. The van der Waals surface area contributed by atoms with Gasteiger partial charge in [-0.05, 0) is 67.6 Å². The Morgan fingerprint density at radius 3 is 2.69 bits per heavy atom. The minimum Gasteiger partial charge on any atom is -0.494 e. The standard InChI is InChI=1S/C30H33N3O2/c1-3-23-12-4-6-15-27(23)33-21-24(20-29(33)34)30-31-26-14-5-7-16-28(26)32(30)17-8-9-18-35-25-13-10-11-22(2)19-25/h4-7,10-16,19,24H,3,8-9,17-18,20-21H2,1-2H3. The molecular formula is C30H33N3O2. The van der Waals surface area contributed by atoms with Crippen molar-refractivity contribution in [2.75, 3.05) is 18.1 Å². The summed E-state index contributed by atoms with van der Waals surface area (Å²) in [4.78, 5) is 20.1. The number of carbonyl (C=O) groups is 1. The largest absolute Gasteiger partial charge is 0.494 e. The number of aromatic nitrogens is 2. The number of amides is 1. The van der Waals surface area contributed by atoms with Crippen LogP contribution in [-0.4, -0.2) is 28.6 Å². The van der Waals surface area contributed by atoms with Crippen LogP contribution in [0.5, 0.6) is 5.75 Å². The maximum atomic E-state index is 13.1. The fourth-order valence-corrected chi connectivity index (χ4v) is 5.09. The molecule has 0 aliphatic carbocycles. The average Bonchev–Trinajstić information content (AvgIpc) is 3.44. The molecule has 0 spiro atoms. The molecule has 0 N–H and O–H groups in total. The molecule has 5 nitrogen and oxygen atoms in total. The zero-order chi connectivity index (χ0) is 24.2. The van der Waals surface area contributed by atoms with E-state index in [4.69, 9.17) is 9.72 Å². The van der Waals surface area contributed by atoms with E-state index in [2.05, 4.69) is 60.9 Å². The summed E-state index contributed by atoms with van der Waals surface area (Å²) in [5.74, 6) is 2.22. The molecule has 1 amide bonds. The van der Waals surface area contributed by atoms with Gasteiger partial charge in [-0.1, -0.05) is 49.4 Å². The molecule has 3 aromatic carbocycles. The van der Waals surface area contributed by atoms with Crippen LogP contribution in [0.2, 0.25) is 0 Å². The van der Waals surface area contributed by atoms with E-state index in [-0.39, 0.29) is 11.8 Å². The molecule has 1 aromatic heterocycles. The normalized spacial score (nSPS) is 15.8. The Labute approximate surface area is 207 Å². The van der Waals surface area contributed by atoms with Crippen LogP contribution in [0.4, 0.5) is 5.69 Å². The van der Waals surface area contributed by atoms with Crippen molar-refractivity contribution in [2.24, 2.45) is 0 Å². The van der Waals surface area contributed by atoms with Crippen molar-refractivity contribution in [1.29, 1.82) is 0 Å². The SMILES string of the molecule is CCc1ccccc1N1CC(c2nc3ccccc3n2CCCCOc2cccc(C)c2)CC1=O. The highest BCUT2D eigenvalue weighted by Gasteiger charge is 2.35. The third kappa shape index (κ3) is 4.95. The molecule has 1 atom stereocenters. The summed E-state index contributed by atoms with van der Waals surface area (Å²) in [5, 5.41) is 0. The Morgan fingerprint density at radius 2 is 1.83 bits per heavy atom. The van der Waals surface area contributed by atoms with E-state index in [1.165, 1.54) is 11.1 Å². The summed E-state index contributed by atoms with van der Waals surface area (Å²) in [7, 11) is 0. The molecule has 0 bridgehead atoms. The number of imidazole rings is 1. The average molecular weight is 468 g/mol. The first-order valence-electron chi connectivity index (χ1n) is 12.7. The molecule has 180 valence electrons. The highest BCUT2D eigenvalue weighted by molar-refractivity contribution is 5.97. The number of hydrogen-bond donors (Lipinski definition) is 0. The summed E-state index contributed by atoms with van der Waals surface area (Å²) >= 11 is 0. The van der Waals surface area contributed by atoms with Crippen LogP contribution >= 0.6 is 0 Å². The van der Waals surface area contributed by atoms with Crippen LogP contribution in [0.1, 0.15) is 49.1 Å². The molecule has 0 saturated carbocycles. The fraction of sp³-hybridized carbons (Fsp3) is 0.333. The quantitative estimate of drug-likeness (QED) is 0.272. The summed E-state index contributed by atoms with van der Waals surface area (Å²) in [5.41, 5.74) is 5.60. The Kier molecular flexibility index (Phi) is 6.84. The zero-order valence-corrected chi connectivity index (χ0v) is 20.6. The molecule has 5 rings (SSSR count). The van der Waals surface area contributed by atoms with Gasteiger partial charge in [0.25, 0.3) is 0 Å². The van der Waals surface area contributed by atoms with E-state index < -0.39 is 0 Å². The minimum absolute atomic E-state index is 0.0864. The zero-order valence-electron chi connectivity index (χ0n) is 20.6. The number of hydrogen-bond acceptors (Lipinski definition) is 3. The van der Waals surface area contributed by atoms with E-state index >= 15 is 0 Å². The lowest BCUT2D eigenvalue weighted by atomic mass is 10.1. The second-order valence-electron chi connectivity index (χ2n) is 9.37. The maximum absolute atomic E-state index is 13.1. The molecule has 1 saturated heterocycles. The van der Waals surface area contributed by atoms with Gasteiger partial charge in [0, 0.05) is 31.1 Å². The first kappa shape index (κ1) is 23.2. The maximum Gasteiger partial charge on any atom is 0.227 e. The van der Waals surface area contributed by atoms with E-state index in [1.54, 1.807) is 0 Å². The van der Waals surface area contributed by atoms with Crippen molar-refractivity contribution < 1.29 is 9.53 Å².